The molecule has 29 heavy (non-hydrogen) atoms. The molecular formula is C15H22N5O8P. The van der Waals surface area contributed by atoms with Crippen LogP contribution in [0, 0.1) is 0 Å². The summed E-state index contributed by atoms with van der Waals surface area (Å²) in [4.78, 5) is 43.4. The monoisotopic (exact) mass is 431 g/mol. The number of nitrogen functional groups attached to an aromatic ring is 1. The minimum atomic E-state index is -4.16. The number of aromatic nitrogens is 4. The molecule has 0 spiro atoms. The van der Waals surface area contributed by atoms with Crippen molar-refractivity contribution in [1.82, 2.24) is 19.5 Å². The third-order valence-electron chi connectivity index (χ3n) is 4.06. The van der Waals surface area contributed by atoms with E-state index in [-0.39, 0.29) is 24.1 Å². The number of carbonyl (C=O) groups is 1. The molecule has 1 unspecified atom stereocenters. The summed E-state index contributed by atoms with van der Waals surface area (Å²) >= 11 is 0. The standard InChI is InChI=1S/C15H22N5O8P/c1-9(2)28-14(22)25-7-27-29(23,24)8-26-15(3-4-15)5-20-6-17-10-11(20)18-13(16)19-12(10)21/h6,9H,3-5,7-8H2,1-2H3,(H,23,24)(H3,16,18,19,21). The Kier molecular flexibility index (Phi) is 5.94. The number of anilines is 1. The topological polar surface area (TPSA) is 181 Å². The Hall–Kier alpha value is -2.47. The maximum Gasteiger partial charge on any atom is 0.510 e. The quantitative estimate of drug-likeness (QED) is 0.292. The molecule has 1 aliphatic carbocycles. The van der Waals surface area contributed by atoms with Gasteiger partial charge in [-0.15, -0.1) is 0 Å². The van der Waals surface area contributed by atoms with Crippen LogP contribution in [0.1, 0.15) is 26.7 Å². The highest BCUT2D eigenvalue weighted by molar-refractivity contribution is 7.52. The van der Waals surface area contributed by atoms with Crippen molar-refractivity contribution in [2.75, 3.05) is 18.9 Å². The second-order valence-electron chi connectivity index (χ2n) is 6.90. The first kappa shape index (κ1) is 21.2. The molecule has 1 saturated carbocycles. The van der Waals surface area contributed by atoms with Crippen LogP contribution in [0.4, 0.5) is 10.7 Å². The molecule has 0 aliphatic heterocycles. The van der Waals surface area contributed by atoms with E-state index in [1.807, 2.05) is 0 Å². The maximum absolute atomic E-state index is 12.1. The van der Waals surface area contributed by atoms with E-state index < -0.39 is 38.1 Å². The Morgan fingerprint density at radius 2 is 2.21 bits per heavy atom. The molecule has 2 aromatic rings. The molecule has 3 rings (SSSR count). The van der Waals surface area contributed by atoms with Gasteiger partial charge in [0.25, 0.3) is 5.56 Å². The second kappa shape index (κ2) is 8.11. The van der Waals surface area contributed by atoms with Crippen molar-refractivity contribution in [2.45, 2.75) is 44.9 Å². The highest BCUT2D eigenvalue weighted by atomic mass is 31.2. The molecule has 13 nitrogen and oxygen atoms in total. The fraction of sp³-hybridized carbons (Fsp3) is 0.600. The highest BCUT2D eigenvalue weighted by Gasteiger charge is 2.46. The van der Waals surface area contributed by atoms with E-state index >= 15 is 0 Å². The SMILES string of the molecule is CC(C)OC(=O)OCOP(=O)(O)COC1(Cn2cnc3c(=O)[nH]c(N)nc32)CC1. The van der Waals surface area contributed by atoms with Gasteiger partial charge in [-0.05, 0) is 26.7 Å². The number of carbonyl (C=O) groups excluding carboxylic acids is 1. The summed E-state index contributed by atoms with van der Waals surface area (Å²) in [6.45, 7) is 2.78. The Labute approximate surface area is 164 Å². The molecule has 0 saturated heterocycles. The van der Waals surface area contributed by atoms with Crippen LogP contribution in [0.2, 0.25) is 0 Å². The second-order valence-corrected chi connectivity index (χ2v) is 8.69. The van der Waals surface area contributed by atoms with Gasteiger partial charge in [-0.2, -0.15) is 4.98 Å². The van der Waals surface area contributed by atoms with Gasteiger partial charge in [0, 0.05) is 0 Å². The summed E-state index contributed by atoms with van der Waals surface area (Å²) in [6, 6.07) is 0. The number of aromatic amines is 1. The van der Waals surface area contributed by atoms with Crippen LogP contribution >= 0.6 is 7.60 Å². The van der Waals surface area contributed by atoms with E-state index in [0.717, 1.165) is 0 Å². The number of fused-ring (bicyclic) bond motifs is 1. The van der Waals surface area contributed by atoms with E-state index in [4.69, 9.17) is 19.7 Å². The van der Waals surface area contributed by atoms with Crippen molar-refractivity contribution in [2.24, 2.45) is 0 Å². The Bertz CT molecular complexity index is 998. The number of H-pyrrole nitrogens is 1. The van der Waals surface area contributed by atoms with Crippen molar-refractivity contribution in [3.8, 4) is 0 Å². The van der Waals surface area contributed by atoms with E-state index in [1.165, 1.54) is 6.33 Å². The number of imidazole rings is 1. The minimum Gasteiger partial charge on any atom is -0.432 e. The number of hydrogen-bond donors (Lipinski definition) is 3. The smallest absolute Gasteiger partial charge is 0.432 e. The third kappa shape index (κ3) is 5.54. The summed E-state index contributed by atoms with van der Waals surface area (Å²) in [5.74, 6) is -0.0423. The van der Waals surface area contributed by atoms with Gasteiger partial charge in [-0.25, -0.2) is 9.78 Å². The van der Waals surface area contributed by atoms with Crippen LogP contribution in [-0.4, -0.2) is 55.4 Å². The van der Waals surface area contributed by atoms with Crippen molar-refractivity contribution < 1.29 is 33.0 Å². The summed E-state index contributed by atoms with van der Waals surface area (Å²) in [5.41, 5.74) is 4.83. The van der Waals surface area contributed by atoms with Crippen LogP contribution in [0.25, 0.3) is 11.2 Å². The van der Waals surface area contributed by atoms with Crippen molar-refractivity contribution in [1.29, 1.82) is 0 Å². The van der Waals surface area contributed by atoms with E-state index in [2.05, 4.69) is 19.7 Å². The van der Waals surface area contributed by atoms with Gasteiger partial charge in [0.05, 0.1) is 24.6 Å². The van der Waals surface area contributed by atoms with Crippen molar-refractivity contribution in [3.63, 3.8) is 0 Å². The van der Waals surface area contributed by atoms with Gasteiger partial charge in [0.15, 0.2) is 11.2 Å². The summed E-state index contributed by atoms with van der Waals surface area (Å²) < 4.78 is 33.3. The van der Waals surface area contributed by atoms with E-state index in [1.54, 1.807) is 18.4 Å². The predicted octanol–water partition coefficient (Wildman–Crippen LogP) is 0.930. The molecule has 1 aliphatic rings. The molecule has 0 bridgehead atoms. The molecule has 2 heterocycles. The molecule has 0 amide bonds. The average Bonchev–Trinajstić information content (AvgIpc) is 3.26. The Balaban J connectivity index is 1.55. The maximum atomic E-state index is 12.1. The fourth-order valence-electron chi connectivity index (χ4n) is 2.52. The van der Waals surface area contributed by atoms with Crippen LogP contribution in [-0.2, 0) is 29.8 Å². The molecule has 2 aromatic heterocycles. The predicted molar refractivity (Wildman–Crippen MR) is 99.0 cm³/mol. The first-order valence-corrected chi connectivity index (χ1v) is 10.5. The number of ether oxygens (including phenoxy) is 3. The third-order valence-corrected chi connectivity index (χ3v) is 5.02. The Morgan fingerprint density at radius 1 is 1.48 bits per heavy atom. The molecule has 160 valence electrons. The van der Waals surface area contributed by atoms with Crippen LogP contribution in [0.3, 0.4) is 0 Å². The normalized spacial score (nSPS) is 17.2. The molecule has 14 heteroatoms. The lowest BCUT2D eigenvalue weighted by Gasteiger charge is -2.19. The summed E-state index contributed by atoms with van der Waals surface area (Å²) in [6.07, 6.45) is 0.692. The number of hydrogen-bond acceptors (Lipinski definition) is 10. The van der Waals surface area contributed by atoms with Crippen molar-refractivity contribution >= 4 is 30.9 Å². The lowest BCUT2D eigenvalue weighted by atomic mass is 10.3. The lowest BCUT2D eigenvalue weighted by Crippen LogP contribution is -2.23. The van der Waals surface area contributed by atoms with Crippen LogP contribution in [0.5, 0.6) is 0 Å². The highest BCUT2D eigenvalue weighted by Crippen LogP contribution is 2.48. The minimum absolute atomic E-state index is 0.0423. The average molecular weight is 431 g/mol. The first-order valence-electron chi connectivity index (χ1n) is 8.73. The zero-order valence-electron chi connectivity index (χ0n) is 15.9. The van der Waals surface area contributed by atoms with Crippen LogP contribution < -0.4 is 11.3 Å². The van der Waals surface area contributed by atoms with Gasteiger partial charge < -0.3 is 29.4 Å². The van der Waals surface area contributed by atoms with E-state index in [0.29, 0.717) is 18.5 Å². The lowest BCUT2D eigenvalue weighted by molar-refractivity contribution is -0.0176. The molecule has 1 atom stereocenters. The zero-order chi connectivity index (χ0) is 21.2. The van der Waals surface area contributed by atoms with Gasteiger partial charge in [0.2, 0.25) is 12.7 Å². The van der Waals surface area contributed by atoms with Gasteiger partial charge in [0.1, 0.15) is 6.35 Å². The summed E-state index contributed by atoms with van der Waals surface area (Å²) in [5, 5.41) is 0. The molecule has 0 radical (unpaired) electrons. The van der Waals surface area contributed by atoms with E-state index in [9.17, 15) is 19.0 Å². The van der Waals surface area contributed by atoms with Gasteiger partial charge >= 0.3 is 13.8 Å². The van der Waals surface area contributed by atoms with Gasteiger partial charge in [-0.3, -0.25) is 18.9 Å². The molecule has 1 fully saturated rings. The van der Waals surface area contributed by atoms with Crippen LogP contribution in [0.15, 0.2) is 11.1 Å². The first-order chi connectivity index (χ1) is 13.6. The van der Waals surface area contributed by atoms with Crippen molar-refractivity contribution in [3.05, 3.63) is 16.7 Å². The summed E-state index contributed by atoms with van der Waals surface area (Å²) in [7, 11) is -4.16. The Morgan fingerprint density at radius 3 is 2.86 bits per heavy atom. The molecule has 0 aromatic carbocycles. The number of rotatable bonds is 9. The fourth-order valence-corrected chi connectivity index (χ4v) is 3.25. The van der Waals surface area contributed by atoms with Gasteiger partial charge in [-0.1, -0.05) is 0 Å². The number of nitrogens with two attached hydrogens (primary N) is 1. The zero-order valence-corrected chi connectivity index (χ0v) is 16.8. The largest absolute Gasteiger partial charge is 0.510 e. The number of nitrogens with zero attached hydrogens (tertiary/aromatic N) is 3. The molecule has 4 N–H and O–H groups in total. The number of nitrogens with one attached hydrogen (secondary N) is 1. The molecular weight excluding hydrogens is 409 g/mol.